The number of nitrogens with zero attached hydrogens (tertiary/aromatic N) is 3. The molecule has 2 aromatic heterocycles. The van der Waals surface area contributed by atoms with Crippen molar-refractivity contribution in [3.63, 3.8) is 0 Å². The van der Waals surface area contributed by atoms with E-state index < -0.39 is 0 Å². The number of para-hydroxylation sites is 1. The first-order chi connectivity index (χ1) is 24.7. The topological polar surface area (TPSA) is 53.5 Å². The van der Waals surface area contributed by atoms with Gasteiger partial charge in [-0.2, -0.15) is 0 Å². The quantitative estimate of drug-likeness (QED) is 0.141. The van der Waals surface area contributed by atoms with E-state index in [9.17, 15) is 0 Å². The van der Waals surface area contributed by atoms with Crippen LogP contribution in [0, 0.1) is 5.41 Å². The number of fused-ring (bicyclic) bond motifs is 6. The SMILES string of the molecule is N=C(/N=C(\N=C\c1ccccc1)c1cccc(-n2c3ccccc3c3cc4sc5ccccc5c4cc32)c1)c1cccc(-c2ccccc2)c1. The van der Waals surface area contributed by atoms with Crippen molar-refractivity contribution in [1.29, 1.82) is 5.41 Å². The molecule has 9 rings (SSSR count). The van der Waals surface area contributed by atoms with Gasteiger partial charge in [-0.15, -0.1) is 11.3 Å². The van der Waals surface area contributed by atoms with Gasteiger partial charge in [0.15, 0.2) is 11.7 Å². The molecule has 0 unspecified atom stereocenters. The number of rotatable bonds is 5. The number of aliphatic imine (C=N–C) groups is 2. The van der Waals surface area contributed by atoms with Gasteiger partial charge in [0.1, 0.15) is 0 Å². The maximum absolute atomic E-state index is 9.12. The highest BCUT2D eigenvalue weighted by Gasteiger charge is 2.16. The van der Waals surface area contributed by atoms with Crippen molar-refractivity contribution in [3.05, 3.63) is 187 Å². The molecular formula is C45H30N4S. The molecule has 0 spiro atoms. The van der Waals surface area contributed by atoms with Crippen LogP contribution in [-0.4, -0.2) is 22.5 Å². The Kier molecular flexibility index (Phi) is 7.45. The van der Waals surface area contributed by atoms with E-state index in [0.29, 0.717) is 5.84 Å². The molecule has 0 fully saturated rings. The molecule has 0 aliphatic carbocycles. The molecule has 236 valence electrons. The largest absolute Gasteiger partial charge is 0.309 e. The molecule has 0 atom stereocenters. The highest BCUT2D eigenvalue weighted by atomic mass is 32.1. The third-order valence-electron chi connectivity index (χ3n) is 9.13. The van der Waals surface area contributed by atoms with Gasteiger partial charge in [0.25, 0.3) is 0 Å². The van der Waals surface area contributed by atoms with Crippen LogP contribution < -0.4 is 0 Å². The lowest BCUT2D eigenvalue weighted by molar-refractivity contribution is 1.18. The van der Waals surface area contributed by atoms with Crippen molar-refractivity contribution in [1.82, 2.24) is 4.57 Å². The Morgan fingerprint density at radius 2 is 1.22 bits per heavy atom. The summed E-state index contributed by atoms with van der Waals surface area (Å²) in [5, 5.41) is 14.1. The summed E-state index contributed by atoms with van der Waals surface area (Å²) in [6.45, 7) is 0. The van der Waals surface area contributed by atoms with Crippen LogP contribution in [0.5, 0.6) is 0 Å². The summed E-state index contributed by atoms with van der Waals surface area (Å²) in [6, 6.07) is 58.5. The fourth-order valence-corrected chi connectivity index (χ4v) is 7.87. The molecule has 9 aromatic rings. The number of thiophene rings is 1. The van der Waals surface area contributed by atoms with Gasteiger partial charge in [0, 0.05) is 54.0 Å². The summed E-state index contributed by atoms with van der Waals surface area (Å²) in [6.07, 6.45) is 1.82. The van der Waals surface area contributed by atoms with E-state index in [-0.39, 0.29) is 5.84 Å². The molecule has 0 aliphatic rings. The van der Waals surface area contributed by atoms with E-state index in [1.165, 1.54) is 30.9 Å². The second kappa shape index (κ2) is 12.5. The monoisotopic (exact) mass is 658 g/mol. The third kappa shape index (κ3) is 5.40. The van der Waals surface area contributed by atoms with Crippen molar-refractivity contribution in [2.45, 2.75) is 0 Å². The van der Waals surface area contributed by atoms with Crippen LogP contribution in [0.25, 0.3) is 58.8 Å². The Bertz CT molecular complexity index is 2770. The molecule has 0 saturated heterocycles. The molecule has 50 heavy (non-hydrogen) atoms. The summed E-state index contributed by atoms with van der Waals surface area (Å²) in [5.41, 5.74) is 7.94. The van der Waals surface area contributed by atoms with Crippen LogP contribution >= 0.6 is 11.3 Å². The second-order valence-corrected chi connectivity index (χ2v) is 13.4. The van der Waals surface area contributed by atoms with Crippen LogP contribution in [0.4, 0.5) is 0 Å². The van der Waals surface area contributed by atoms with Crippen LogP contribution in [-0.2, 0) is 0 Å². The Hall–Kier alpha value is -6.43. The third-order valence-corrected chi connectivity index (χ3v) is 10.3. The Morgan fingerprint density at radius 3 is 2.08 bits per heavy atom. The van der Waals surface area contributed by atoms with Crippen molar-refractivity contribution in [2.24, 2.45) is 9.98 Å². The summed E-state index contributed by atoms with van der Waals surface area (Å²) >= 11 is 1.84. The molecule has 0 aliphatic heterocycles. The zero-order valence-corrected chi connectivity index (χ0v) is 27.8. The maximum atomic E-state index is 9.12. The molecule has 0 bridgehead atoms. The van der Waals surface area contributed by atoms with E-state index in [1.807, 2.05) is 90.3 Å². The van der Waals surface area contributed by atoms with Crippen LogP contribution in [0.15, 0.2) is 180 Å². The zero-order chi connectivity index (χ0) is 33.4. The maximum Gasteiger partial charge on any atom is 0.161 e. The van der Waals surface area contributed by atoms with Gasteiger partial charge in [-0.1, -0.05) is 127 Å². The van der Waals surface area contributed by atoms with Gasteiger partial charge >= 0.3 is 0 Å². The lowest BCUT2D eigenvalue weighted by Gasteiger charge is -2.11. The van der Waals surface area contributed by atoms with E-state index in [4.69, 9.17) is 15.4 Å². The summed E-state index contributed by atoms with van der Waals surface area (Å²) < 4.78 is 4.92. The lowest BCUT2D eigenvalue weighted by atomic mass is 10.0. The van der Waals surface area contributed by atoms with Gasteiger partial charge in [-0.05, 0) is 59.2 Å². The number of hydrogen-bond donors (Lipinski definition) is 1. The van der Waals surface area contributed by atoms with Crippen molar-refractivity contribution in [2.75, 3.05) is 0 Å². The standard InChI is InChI=1S/C45H30N4S/c46-44(33-18-11-17-32(25-33)31-15-5-2-6-16-31)48-45(47-29-30-13-3-1-4-14-30)34-19-12-20-35(26-34)49-40-23-9-7-21-36(40)38-28-43-39(27-41(38)49)37-22-8-10-24-42(37)50-43/h1-29,46H/b46-44?,47-29+,48-45-. The predicted octanol–water partition coefficient (Wildman–Crippen LogP) is 11.7. The molecule has 5 heteroatoms. The molecule has 0 radical (unpaired) electrons. The van der Waals surface area contributed by atoms with Crippen molar-refractivity contribution in [3.8, 4) is 16.8 Å². The molecule has 1 N–H and O–H groups in total. The normalized spacial score (nSPS) is 12.1. The molecule has 7 aromatic carbocycles. The summed E-state index contributed by atoms with van der Waals surface area (Å²) in [5.74, 6) is 0.620. The minimum atomic E-state index is 0.150. The lowest BCUT2D eigenvalue weighted by Crippen LogP contribution is -2.06. The highest BCUT2D eigenvalue weighted by Crippen LogP contribution is 2.40. The number of aromatic nitrogens is 1. The molecule has 0 amide bonds. The van der Waals surface area contributed by atoms with E-state index in [0.717, 1.165) is 44.5 Å². The molecule has 2 heterocycles. The van der Waals surface area contributed by atoms with Crippen molar-refractivity contribution < 1.29 is 0 Å². The van der Waals surface area contributed by atoms with Crippen molar-refractivity contribution >= 4 is 71.2 Å². The average Bonchev–Trinajstić information content (AvgIpc) is 3.71. The molecular weight excluding hydrogens is 629 g/mol. The predicted molar refractivity (Wildman–Crippen MR) is 213 cm³/mol. The van der Waals surface area contributed by atoms with E-state index >= 15 is 0 Å². The van der Waals surface area contributed by atoms with Crippen LogP contribution in [0.3, 0.4) is 0 Å². The first-order valence-electron chi connectivity index (χ1n) is 16.6. The van der Waals surface area contributed by atoms with Crippen LogP contribution in [0.1, 0.15) is 16.7 Å². The fourth-order valence-electron chi connectivity index (χ4n) is 6.74. The van der Waals surface area contributed by atoms with Gasteiger partial charge in [0.2, 0.25) is 0 Å². The van der Waals surface area contributed by atoms with E-state index in [1.54, 1.807) is 0 Å². The fraction of sp³-hybridized carbons (Fsp3) is 0. The number of benzene rings is 7. The van der Waals surface area contributed by atoms with Gasteiger partial charge in [-0.3, -0.25) is 5.41 Å². The number of hydrogen-bond acceptors (Lipinski definition) is 2. The van der Waals surface area contributed by atoms with Gasteiger partial charge in [-0.25, -0.2) is 9.98 Å². The molecule has 0 saturated carbocycles. The second-order valence-electron chi connectivity index (χ2n) is 12.3. The Balaban J connectivity index is 1.20. The van der Waals surface area contributed by atoms with E-state index in [2.05, 4.69) is 102 Å². The van der Waals surface area contributed by atoms with Gasteiger partial charge < -0.3 is 4.57 Å². The minimum absolute atomic E-state index is 0.150. The highest BCUT2D eigenvalue weighted by molar-refractivity contribution is 7.25. The minimum Gasteiger partial charge on any atom is -0.309 e. The first kappa shape index (κ1) is 29.7. The van der Waals surface area contributed by atoms with Gasteiger partial charge in [0.05, 0.1) is 11.0 Å². The molecule has 4 nitrogen and oxygen atoms in total. The average molecular weight is 659 g/mol. The Morgan fingerprint density at radius 1 is 0.520 bits per heavy atom. The summed E-state index contributed by atoms with van der Waals surface area (Å²) in [4.78, 5) is 9.78. The number of nitrogens with one attached hydrogen (secondary N) is 1. The zero-order valence-electron chi connectivity index (χ0n) is 27.0. The van der Waals surface area contributed by atoms with Crippen LogP contribution in [0.2, 0.25) is 0 Å². The smallest absolute Gasteiger partial charge is 0.161 e. The Labute approximate surface area is 293 Å². The number of amidine groups is 2. The summed E-state index contributed by atoms with van der Waals surface area (Å²) in [7, 11) is 0. The first-order valence-corrected chi connectivity index (χ1v) is 17.4.